The number of halogens is 1. The Bertz CT molecular complexity index is 983. The first-order chi connectivity index (χ1) is 14.0. The van der Waals surface area contributed by atoms with E-state index < -0.39 is 0 Å². The molecule has 1 aliphatic rings. The average Bonchev–Trinajstić information content (AvgIpc) is 3.00. The van der Waals surface area contributed by atoms with E-state index in [2.05, 4.69) is 35.3 Å². The summed E-state index contributed by atoms with van der Waals surface area (Å²) in [6.07, 6.45) is 2.79. The number of ether oxygens (including phenoxy) is 1. The van der Waals surface area contributed by atoms with Gasteiger partial charge in [0.15, 0.2) is 0 Å². The first kappa shape index (κ1) is 19.7. The Labute approximate surface area is 171 Å². The summed E-state index contributed by atoms with van der Waals surface area (Å²) in [6, 6.07) is 10.9. The Morgan fingerprint density at radius 1 is 1.14 bits per heavy atom. The summed E-state index contributed by atoms with van der Waals surface area (Å²) in [5, 5.41) is 4.45. The topological polar surface area (TPSA) is 43.2 Å². The maximum atomic E-state index is 13.2. The minimum Gasteiger partial charge on any atom is -0.369 e. The molecule has 6 heteroatoms. The lowest BCUT2D eigenvalue weighted by molar-refractivity contribution is -0.0351. The molecule has 0 bridgehead atoms. The fraction of sp³-hybridized carbons (Fsp3) is 0.391. The van der Waals surface area contributed by atoms with Crippen molar-refractivity contribution in [3.8, 4) is 0 Å². The van der Waals surface area contributed by atoms with Crippen molar-refractivity contribution < 1.29 is 9.13 Å². The fourth-order valence-electron chi connectivity index (χ4n) is 3.94. The maximum absolute atomic E-state index is 13.2. The van der Waals surface area contributed by atoms with Crippen LogP contribution in [-0.2, 0) is 24.8 Å². The molecule has 1 fully saturated rings. The molecule has 2 aromatic heterocycles. The third-order valence-electron chi connectivity index (χ3n) is 5.34. The average molecular weight is 394 g/mol. The van der Waals surface area contributed by atoms with Crippen molar-refractivity contribution >= 4 is 0 Å². The van der Waals surface area contributed by atoms with Gasteiger partial charge in [0, 0.05) is 44.1 Å². The van der Waals surface area contributed by atoms with Gasteiger partial charge in [-0.15, -0.1) is 0 Å². The molecule has 5 nitrogen and oxygen atoms in total. The number of benzene rings is 1. The van der Waals surface area contributed by atoms with Crippen LogP contribution in [0.25, 0.3) is 0 Å². The number of aryl methyl sites for hydroxylation is 3. The molecule has 1 aromatic carbocycles. The highest BCUT2D eigenvalue weighted by atomic mass is 19.1. The van der Waals surface area contributed by atoms with E-state index in [1.165, 1.54) is 23.3 Å². The fourth-order valence-corrected chi connectivity index (χ4v) is 3.94. The smallest absolute Gasteiger partial charge is 0.123 e. The molecule has 0 saturated carbocycles. The van der Waals surface area contributed by atoms with Crippen molar-refractivity contribution in [3.05, 3.63) is 82.2 Å². The number of aromatic nitrogens is 3. The van der Waals surface area contributed by atoms with E-state index in [4.69, 9.17) is 9.72 Å². The van der Waals surface area contributed by atoms with Gasteiger partial charge in [-0.25, -0.2) is 4.39 Å². The van der Waals surface area contributed by atoms with E-state index in [1.807, 2.05) is 30.8 Å². The minimum atomic E-state index is -0.208. The van der Waals surface area contributed by atoms with Gasteiger partial charge in [-0.1, -0.05) is 12.1 Å². The monoisotopic (exact) mass is 394 g/mol. The minimum absolute atomic E-state index is 0.0485. The summed E-state index contributed by atoms with van der Waals surface area (Å²) in [5.74, 6) is -0.208. The summed E-state index contributed by atoms with van der Waals surface area (Å²) in [4.78, 5) is 7.15. The molecule has 1 atom stereocenters. The molecule has 1 aliphatic heterocycles. The lowest BCUT2D eigenvalue weighted by atomic mass is 10.0. The van der Waals surface area contributed by atoms with Gasteiger partial charge >= 0.3 is 0 Å². The Hall–Kier alpha value is -2.57. The molecule has 3 aromatic rings. The van der Waals surface area contributed by atoms with Crippen LogP contribution < -0.4 is 0 Å². The Kier molecular flexibility index (Phi) is 5.74. The van der Waals surface area contributed by atoms with Crippen LogP contribution in [0.2, 0.25) is 0 Å². The van der Waals surface area contributed by atoms with Crippen molar-refractivity contribution in [2.24, 2.45) is 7.05 Å². The van der Waals surface area contributed by atoms with Gasteiger partial charge in [0.2, 0.25) is 0 Å². The van der Waals surface area contributed by atoms with Gasteiger partial charge in [0.25, 0.3) is 0 Å². The van der Waals surface area contributed by atoms with Crippen molar-refractivity contribution in [2.75, 3.05) is 19.7 Å². The Morgan fingerprint density at radius 3 is 2.66 bits per heavy atom. The van der Waals surface area contributed by atoms with E-state index in [0.29, 0.717) is 6.61 Å². The predicted molar refractivity (Wildman–Crippen MR) is 110 cm³/mol. The zero-order valence-electron chi connectivity index (χ0n) is 17.2. The van der Waals surface area contributed by atoms with Gasteiger partial charge in [0.1, 0.15) is 11.9 Å². The van der Waals surface area contributed by atoms with Crippen LogP contribution in [0.1, 0.15) is 39.9 Å². The standard InChI is InChI=1S/C23H27FN4O/c1-16-10-19(11-18-4-6-21(24)7-5-18)12-22(25-16)23-15-28(8-9-29-23)14-20-13-27(3)26-17(20)2/h4-7,10,12-13,23H,8-9,11,14-15H2,1-3H3/t23-/m1/s1. The summed E-state index contributed by atoms with van der Waals surface area (Å²) in [5.41, 5.74) is 6.52. The summed E-state index contributed by atoms with van der Waals surface area (Å²) in [7, 11) is 1.96. The van der Waals surface area contributed by atoms with Crippen LogP contribution in [0.3, 0.4) is 0 Å². The van der Waals surface area contributed by atoms with Gasteiger partial charge in [0.05, 0.1) is 18.0 Å². The van der Waals surface area contributed by atoms with Crippen LogP contribution in [0.4, 0.5) is 4.39 Å². The largest absolute Gasteiger partial charge is 0.369 e. The van der Waals surface area contributed by atoms with Gasteiger partial charge in [-0.2, -0.15) is 5.10 Å². The Morgan fingerprint density at radius 2 is 1.93 bits per heavy atom. The second-order valence-electron chi connectivity index (χ2n) is 7.85. The van der Waals surface area contributed by atoms with Crippen LogP contribution >= 0.6 is 0 Å². The zero-order chi connectivity index (χ0) is 20.4. The van der Waals surface area contributed by atoms with Crippen molar-refractivity contribution in [2.45, 2.75) is 32.9 Å². The third-order valence-corrected chi connectivity index (χ3v) is 5.34. The molecule has 0 N–H and O–H groups in total. The molecule has 0 radical (unpaired) electrons. The highest BCUT2D eigenvalue weighted by molar-refractivity contribution is 5.29. The molecule has 0 unspecified atom stereocenters. The van der Waals surface area contributed by atoms with E-state index >= 15 is 0 Å². The van der Waals surface area contributed by atoms with Crippen LogP contribution in [0.5, 0.6) is 0 Å². The van der Waals surface area contributed by atoms with Crippen molar-refractivity contribution in [3.63, 3.8) is 0 Å². The van der Waals surface area contributed by atoms with E-state index in [0.717, 1.165) is 48.7 Å². The SMILES string of the molecule is Cc1cc(Cc2ccc(F)cc2)cc([C@H]2CN(Cc3cn(C)nc3C)CCO2)n1. The van der Waals surface area contributed by atoms with Crippen molar-refractivity contribution in [1.82, 2.24) is 19.7 Å². The van der Waals surface area contributed by atoms with Crippen LogP contribution in [-0.4, -0.2) is 39.4 Å². The normalized spacial score (nSPS) is 17.6. The second kappa shape index (κ2) is 8.43. The Balaban J connectivity index is 1.49. The van der Waals surface area contributed by atoms with Gasteiger partial charge in [-0.05, 0) is 55.7 Å². The molecule has 29 heavy (non-hydrogen) atoms. The summed E-state index contributed by atoms with van der Waals surface area (Å²) < 4.78 is 21.1. The van der Waals surface area contributed by atoms with E-state index in [9.17, 15) is 4.39 Å². The quantitative estimate of drug-likeness (QED) is 0.661. The lowest BCUT2D eigenvalue weighted by Crippen LogP contribution is -2.38. The van der Waals surface area contributed by atoms with Gasteiger partial charge in [-0.3, -0.25) is 14.6 Å². The number of rotatable bonds is 5. The number of morpholine rings is 1. The number of hydrogen-bond acceptors (Lipinski definition) is 4. The maximum Gasteiger partial charge on any atom is 0.123 e. The first-order valence-electron chi connectivity index (χ1n) is 10.0. The molecule has 3 heterocycles. The highest BCUT2D eigenvalue weighted by Crippen LogP contribution is 2.24. The van der Waals surface area contributed by atoms with Crippen molar-refractivity contribution in [1.29, 1.82) is 0 Å². The van der Waals surface area contributed by atoms with E-state index in [-0.39, 0.29) is 11.9 Å². The van der Waals surface area contributed by atoms with Crippen LogP contribution in [0, 0.1) is 19.7 Å². The number of pyridine rings is 1. The van der Waals surface area contributed by atoms with E-state index in [1.54, 1.807) is 0 Å². The summed E-state index contributed by atoms with van der Waals surface area (Å²) >= 11 is 0. The highest BCUT2D eigenvalue weighted by Gasteiger charge is 2.24. The van der Waals surface area contributed by atoms with Gasteiger partial charge < -0.3 is 4.74 Å². The molecular weight excluding hydrogens is 367 g/mol. The second-order valence-corrected chi connectivity index (χ2v) is 7.85. The first-order valence-corrected chi connectivity index (χ1v) is 10.0. The predicted octanol–water partition coefficient (Wildman–Crippen LogP) is 3.74. The summed E-state index contributed by atoms with van der Waals surface area (Å²) in [6.45, 7) is 7.33. The van der Waals surface area contributed by atoms with Crippen LogP contribution in [0.15, 0.2) is 42.6 Å². The number of hydrogen-bond donors (Lipinski definition) is 0. The molecule has 0 spiro atoms. The zero-order valence-corrected chi connectivity index (χ0v) is 17.2. The molecule has 4 rings (SSSR count). The molecule has 152 valence electrons. The molecule has 1 saturated heterocycles. The third kappa shape index (κ3) is 4.89. The lowest BCUT2D eigenvalue weighted by Gasteiger charge is -2.32. The molecule has 0 aliphatic carbocycles. The molecular formula is C23H27FN4O. The number of nitrogens with zero attached hydrogens (tertiary/aromatic N) is 4. The molecule has 0 amide bonds.